The molecule has 4 nitrogen and oxygen atoms in total. The molecule has 1 amide bonds. The van der Waals surface area contributed by atoms with E-state index in [2.05, 4.69) is 52.5 Å². The molecule has 1 spiro atoms. The second kappa shape index (κ2) is 7.84. The van der Waals surface area contributed by atoms with Gasteiger partial charge >= 0.3 is 0 Å². The van der Waals surface area contributed by atoms with Gasteiger partial charge in [-0.1, -0.05) is 24.3 Å². The molecule has 3 heterocycles. The van der Waals surface area contributed by atoms with Crippen LogP contribution in [0.5, 0.6) is 0 Å². The molecule has 5 rings (SSSR count). The minimum Gasteiger partial charge on any atom is -0.372 e. The lowest BCUT2D eigenvalue weighted by Crippen LogP contribution is -2.51. The Balaban J connectivity index is 1.21. The standard InChI is InChI=1S/C24H24FN3OS/c25-19-9-7-18(8-10-19)16-30-17-23(29)27-14-11-24(12-15-27)22-6-3-13-28(22)21-5-2-1-4-20(21)26-24/h1-10,13,26H,11-12,14-17H2. The number of piperidine rings is 1. The van der Waals surface area contributed by atoms with Gasteiger partial charge in [0.05, 0.1) is 22.7 Å². The summed E-state index contributed by atoms with van der Waals surface area (Å²) < 4.78 is 15.3. The van der Waals surface area contributed by atoms with Gasteiger partial charge in [-0.3, -0.25) is 4.79 Å². The Kier molecular flexibility index (Phi) is 5.03. The Hall–Kier alpha value is -2.73. The van der Waals surface area contributed by atoms with Crippen LogP contribution >= 0.6 is 11.8 Å². The summed E-state index contributed by atoms with van der Waals surface area (Å²) in [7, 11) is 0. The smallest absolute Gasteiger partial charge is 0.232 e. The highest BCUT2D eigenvalue weighted by Crippen LogP contribution is 2.43. The van der Waals surface area contributed by atoms with Gasteiger partial charge in [-0.2, -0.15) is 0 Å². The van der Waals surface area contributed by atoms with Gasteiger partial charge in [0, 0.05) is 30.7 Å². The van der Waals surface area contributed by atoms with Crippen LogP contribution in [0.1, 0.15) is 24.1 Å². The lowest BCUT2D eigenvalue weighted by atomic mass is 9.82. The Morgan fingerprint density at radius 2 is 1.80 bits per heavy atom. The number of aromatic nitrogens is 1. The molecule has 0 unspecified atom stereocenters. The number of fused-ring (bicyclic) bond motifs is 4. The van der Waals surface area contributed by atoms with Crippen LogP contribution in [-0.2, 0) is 16.1 Å². The first kappa shape index (κ1) is 19.2. The molecule has 1 N–H and O–H groups in total. The van der Waals surface area contributed by atoms with Crippen LogP contribution < -0.4 is 5.32 Å². The number of hydrogen-bond donors (Lipinski definition) is 1. The molecule has 0 atom stereocenters. The summed E-state index contributed by atoms with van der Waals surface area (Å²) in [6.07, 6.45) is 3.90. The molecule has 0 aliphatic carbocycles. The highest BCUT2D eigenvalue weighted by Gasteiger charge is 2.42. The van der Waals surface area contributed by atoms with Crippen LogP contribution in [0.15, 0.2) is 66.9 Å². The van der Waals surface area contributed by atoms with Crippen molar-refractivity contribution in [2.45, 2.75) is 24.1 Å². The summed E-state index contributed by atoms with van der Waals surface area (Å²) in [6.45, 7) is 1.49. The first-order valence-electron chi connectivity index (χ1n) is 10.3. The normalized spacial score (nSPS) is 16.6. The predicted octanol–water partition coefficient (Wildman–Crippen LogP) is 4.79. The molecule has 2 aromatic carbocycles. The second-order valence-corrected chi connectivity index (χ2v) is 8.97. The first-order valence-corrected chi connectivity index (χ1v) is 11.5. The number of para-hydroxylation sites is 2. The van der Waals surface area contributed by atoms with E-state index in [0.717, 1.165) is 42.9 Å². The SMILES string of the molecule is O=C(CSCc1ccc(F)cc1)N1CCC2(CC1)Nc1ccccc1-n1cccc12. The fraction of sp³-hybridized carbons (Fsp3) is 0.292. The molecule has 0 radical (unpaired) electrons. The zero-order chi connectivity index (χ0) is 20.6. The van der Waals surface area contributed by atoms with Crippen LogP contribution in [0, 0.1) is 5.82 Å². The molecule has 0 saturated carbocycles. The van der Waals surface area contributed by atoms with E-state index in [1.807, 2.05) is 4.90 Å². The minimum absolute atomic E-state index is 0.129. The van der Waals surface area contributed by atoms with E-state index in [1.165, 1.54) is 23.5 Å². The van der Waals surface area contributed by atoms with Crippen molar-refractivity contribution in [2.24, 2.45) is 0 Å². The van der Waals surface area contributed by atoms with Crippen molar-refractivity contribution in [1.82, 2.24) is 9.47 Å². The van der Waals surface area contributed by atoms with Crippen molar-refractivity contribution in [3.8, 4) is 5.69 Å². The predicted molar refractivity (Wildman–Crippen MR) is 119 cm³/mol. The number of carbonyl (C=O) groups is 1. The zero-order valence-corrected chi connectivity index (χ0v) is 17.5. The molecule has 6 heteroatoms. The van der Waals surface area contributed by atoms with Crippen molar-refractivity contribution in [2.75, 3.05) is 24.2 Å². The highest BCUT2D eigenvalue weighted by atomic mass is 32.2. The molecule has 2 aliphatic heterocycles. The van der Waals surface area contributed by atoms with Gasteiger partial charge in [0.1, 0.15) is 5.82 Å². The number of benzene rings is 2. The van der Waals surface area contributed by atoms with Crippen LogP contribution in [0.2, 0.25) is 0 Å². The average Bonchev–Trinajstić information content (AvgIpc) is 3.27. The molecule has 3 aromatic rings. The summed E-state index contributed by atoms with van der Waals surface area (Å²) in [5.74, 6) is 1.13. The Morgan fingerprint density at radius 1 is 1.03 bits per heavy atom. The number of nitrogens with zero attached hydrogens (tertiary/aromatic N) is 2. The number of amides is 1. The largest absolute Gasteiger partial charge is 0.372 e. The van der Waals surface area contributed by atoms with Crippen molar-refractivity contribution in [3.05, 3.63) is 83.9 Å². The summed E-state index contributed by atoms with van der Waals surface area (Å²) in [5.41, 5.74) is 4.52. The number of thioether (sulfide) groups is 1. The third kappa shape index (κ3) is 3.49. The third-order valence-electron chi connectivity index (χ3n) is 6.15. The van der Waals surface area contributed by atoms with E-state index in [-0.39, 0.29) is 17.3 Å². The van der Waals surface area contributed by atoms with Gasteiger partial charge in [-0.15, -0.1) is 11.8 Å². The molecule has 1 fully saturated rings. The number of rotatable bonds is 4. The van der Waals surface area contributed by atoms with Crippen LogP contribution in [-0.4, -0.2) is 34.2 Å². The Labute approximate surface area is 180 Å². The maximum absolute atomic E-state index is 13.0. The van der Waals surface area contributed by atoms with Gasteiger partial charge in [0.2, 0.25) is 5.91 Å². The molecule has 0 bridgehead atoms. The van der Waals surface area contributed by atoms with Crippen LogP contribution in [0.4, 0.5) is 10.1 Å². The maximum atomic E-state index is 13.0. The van der Waals surface area contributed by atoms with Gasteiger partial charge in [-0.05, 0) is 54.8 Å². The Bertz CT molecular complexity index is 1050. The summed E-state index contributed by atoms with van der Waals surface area (Å²) in [4.78, 5) is 14.7. The van der Waals surface area contributed by atoms with Gasteiger partial charge in [0.15, 0.2) is 0 Å². The fourth-order valence-electron chi connectivity index (χ4n) is 4.54. The molecule has 2 aliphatic rings. The molecular formula is C24H24FN3OS. The monoisotopic (exact) mass is 421 g/mol. The number of carbonyl (C=O) groups excluding carboxylic acids is 1. The number of anilines is 1. The van der Waals surface area contributed by atoms with Gasteiger partial charge < -0.3 is 14.8 Å². The molecular weight excluding hydrogens is 397 g/mol. The first-order chi connectivity index (χ1) is 14.6. The van der Waals surface area contributed by atoms with E-state index < -0.39 is 0 Å². The third-order valence-corrected chi connectivity index (χ3v) is 7.14. The Morgan fingerprint density at radius 3 is 2.60 bits per heavy atom. The molecule has 1 saturated heterocycles. The number of halogens is 1. The average molecular weight is 422 g/mol. The lowest BCUT2D eigenvalue weighted by Gasteiger charge is -2.46. The van der Waals surface area contributed by atoms with Crippen molar-refractivity contribution >= 4 is 23.4 Å². The summed E-state index contributed by atoms with van der Waals surface area (Å²) in [6, 6.07) is 19.2. The highest BCUT2D eigenvalue weighted by molar-refractivity contribution is 7.99. The van der Waals surface area contributed by atoms with E-state index >= 15 is 0 Å². The van der Waals surface area contributed by atoms with Crippen molar-refractivity contribution in [3.63, 3.8) is 0 Å². The van der Waals surface area contributed by atoms with E-state index in [1.54, 1.807) is 23.9 Å². The maximum Gasteiger partial charge on any atom is 0.232 e. The van der Waals surface area contributed by atoms with Crippen LogP contribution in [0.25, 0.3) is 5.69 Å². The lowest BCUT2D eigenvalue weighted by molar-refractivity contribution is -0.129. The minimum atomic E-state index is -0.229. The fourth-order valence-corrected chi connectivity index (χ4v) is 5.43. The van der Waals surface area contributed by atoms with E-state index in [9.17, 15) is 9.18 Å². The number of nitrogens with one attached hydrogen (secondary N) is 1. The number of likely N-dealkylation sites (tertiary alicyclic amines) is 1. The molecule has 154 valence electrons. The van der Waals surface area contributed by atoms with Gasteiger partial charge in [-0.25, -0.2) is 4.39 Å². The zero-order valence-electron chi connectivity index (χ0n) is 16.7. The quantitative estimate of drug-likeness (QED) is 0.658. The van der Waals surface area contributed by atoms with E-state index in [4.69, 9.17) is 0 Å². The summed E-state index contributed by atoms with van der Waals surface area (Å²) in [5, 5.41) is 3.79. The molecule has 1 aromatic heterocycles. The van der Waals surface area contributed by atoms with Crippen molar-refractivity contribution in [1.29, 1.82) is 0 Å². The topological polar surface area (TPSA) is 37.3 Å². The van der Waals surface area contributed by atoms with Crippen molar-refractivity contribution < 1.29 is 9.18 Å². The molecule has 30 heavy (non-hydrogen) atoms. The summed E-state index contributed by atoms with van der Waals surface area (Å²) >= 11 is 1.59. The van der Waals surface area contributed by atoms with Crippen LogP contribution in [0.3, 0.4) is 0 Å². The number of hydrogen-bond acceptors (Lipinski definition) is 3. The van der Waals surface area contributed by atoms with Gasteiger partial charge in [0.25, 0.3) is 0 Å². The second-order valence-electron chi connectivity index (χ2n) is 7.99. The van der Waals surface area contributed by atoms with E-state index in [0.29, 0.717) is 5.75 Å².